The first kappa shape index (κ1) is 68.8. The van der Waals surface area contributed by atoms with E-state index in [0.29, 0.717) is 58.0 Å². The van der Waals surface area contributed by atoms with Crippen molar-refractivity contribution in [3.8, 4) is 5.75 Å². The number of nitrogens with zero attached hydrogens (tertiary/aromatic N) is 3. The van der Waals surface area contributed by atoms with Crippen LogP contribution in [-0.4, -0.2) is 210 Å². The fourth-order valence-corrected chi connectivity index (χ4v) is 12.9. The summed E-state index contributed by atoms with van der Waals surface area (Å²) >= 11 is 6.10. The fraction of sp³-hybridized carbons (Fsp3) is 0.710. The number of esters is 2. The summed E-state index contributed by atoms with van der Waals surface area (Å²) in [4.78, 5) is 59.2. The Balaban J connectivity index is 1.14. The number of aliphatic hydroxyl groups is 4. The van der Waals surface area contributed by atoms with Crippen LogP contribution in [0.5, 0.6) is 5.75 Å². The highest BCUT2D eigenvalue weighted by Crippen LogP contribution is 2.41. The molecule has 6 N–H and O–H groups in total. The van der Waals surface area contributed by atoms with E-state index in [-0.39, 0.29) is 75.1 Å². The van der Waals surface area contributed by atoms with E-state index in [1.807, 2.05) is 50.9 Å². The molecular weight excluding hydrogens is 1110 g/mol. The summed E-state index contributed by atoms with van der Waals surface area (Å²) in [6.07, 6.45) is -9.27. The minimum Gasteiger partial charge on any atom is -0.497 e. The Kier molecular flexibility index (Phi) is 23.8. The van der Waals surface area contributed by atoms with Crippen LogP contribution in [0.15, 0.2) is 42.5 Å². The van der Waals surface area contributed by atoms with Gasteiger partial charge in [0, 0.05) is 79.4 Å². The molecule has 3 saturated heterocycles. The number of ether oxygens (including phenoxy) is 8. The van der Waals surface area contributed by atoms with E-state index in [1.54, 1.807) is 103 Å². The first-order valence-electron chi connectivity index (χ1n) is 29.6. The van der Waals surface area contributed by atoms with Crippen molar-refractivity contribution in [2.45, 2.75) is 205 Å². The molecule has 1 aromatic heterocycles. The second-order valence-electron chi connectivity index (χ2n) is 24.8. The van der Waals surface area contributed by atoms with Gasteiger partial charge in [0.15, 0.2) is 18.7 Å². The Hall–Kier alpha value is -4.33. The van der Waals surface area contributed by atoms with E-state index in [1.165, 1.54) is 14.0 Å². The number of carbonyl (C=O) groups excluding carboxylic acids is 4. The van der Waals surface area contributed by atoms with Crippen molar-refractivity contribution in [1.82, 2.24) is 25.0 Å². The highest BCUT2D eigenvalue weighted by atomic mass is 35.5. The third-order valence-electron chi connectivity index (χ3n) is 17.7. The van der Waals surface area contributed by atoms with Crippen LogP contribution >= 0.6 is 11.6 Å². The lowest BCUT2D eigenvalue weighted by molar-refractivity contribution is -0.318. The Morgan fingerprint density at radius 1 is 0.905 bits per heavy atom. The van der Waals surface area contributed by atoms with Gasteiger partial charge in [-0.05, 0) is 150 Å². The van der Waals surface area contributed by atoms with Crippen LogP contribution in [0.2, 0.25) is 5.02 Å². The Bertz CT molecular complexity index is 2690. The van der Waals surface area contributed by atoms with Gasteiger partial charge in [0.25, 0.3) is 5.91 Å². The molecule has 0 radical (unpaired) electrons. The summed E-state index contributed by atoms with van der Waals surface area (Å²) in [5.74, 6) is -3.38. The smallest absolute Gasteiger partial charge is 0.311 e. The molecule has 0 unspecified atom stereocenters. The average Bonchev–Trinajstić information content (AvgIpc) is 1.91. The van der Waals surface area contributed by atoms with E-state index < -0.39 is 102 Å². The molecule has 3 aliphatic heterocycles. The fourth-order valence-electron chi connectivity index (χ4n) is 12.8. The number of rotatable bonds is 18. The lowest BCUT2D eigenvalue weighted by Crippen LogP contribution is -2.61. The number of likely N-dealkylation sites (N-methyl/N-ethyl adjacent to an activating group) is 2. The molecule has 3 aliphatic rings. The average molecular weight is 1200 g/mol. The van der Waals surface area contributed by atoms with Gasteiger partial charge in [-0.15, -0.1) is 0 Å². The number of carbonyl (C=O) groups is 4. The summed E-state index contributed by atoms with van der Waals surface area (Å²) in [5.41, 5.74) is -2.31. The molecule has 18 atom stereocenters. The first-order valence-corrected chi connectivity index (χ1v) is 30.0. The molecule has 3 aromatic rings. The number of benzene rings is 2. The minimum absolute atomic E-state index is 0.000965. The van der Waals surface area contributed by atoms with Crippen LogP contribution in [-0.2, 0) is 54.0 Å². The molecule has 0 aliphatic carbocycles. The number of aliphatic hydroxyl groups excluding tert-OH is 2. The van der Waals surface area contributed by atoms with E-state index in [2.05, 4.69) is 10.6 Å². The maximum Gasteiger partial charge on any atom is 0.311 e. The van der Waals surface area contributed by atoms with Gasteiger partial charge in [-0.25, -0.2) is 0 Å². The summed E-state index contributed by atoms with van der Waals surface area (Å²) in [6.45, 7) is 20.5. The maximum absolute atomic E-state index is 14.6. The lowest BCUT2D eigenvalue weighted by atomic mass is 9.77. The zero-order valence-corrected chi connectivity index (χ0v) is 52.9. The number of aromatic nitrogens is 1. The van der Waals surface area contributed by atoms with Gasteiger partial charge >= 0.3 is 11.9 Å². The largest absolute Gasteiger partial charge is 0.497 e. The third kappa shape index (κ3) is 16.0. The van der Waals surface area contributed by atoms with Gasteiger partial charge in [-0.3, -0.25) is 23.7 Å². The molecule has 4 heterocycles. The van der Waals surface area contributed by atoms with Crippen LogP contribution in [0.25, 0.3) is 10.9 Å². The van der Waals surface area contributed by atoms with Crippen LogP contribution in [0.3, 0.4) is 0 Å². The van der Waals surface area contributed by atoms with Crippen molar-refractivity contribution < 1.29 is 77.5 Å². The number of hydrogen-bond acceptors (Lipinski definition) is 19. The molecule has 0 bridgehead atoms. The SMILES string of the molecule is CC[C@H]1OC(=O)[C@H](C)[C@@H](O[C@H]2C[C@@](C)(OC)[C@@H](OC(=O)CCNCCNC(=O)Cc3c(C)n(C(=O)c4ccc(Cl)cc4)c4ccc(OC)cc34)[C@H](C)O2)[C@H](C)[C@@H](O[C@@H]2O[C@H](C)C[C@H](N(C)C)[C@H]2O)[C@](C)(O)C[C@@H](C)CN(C)[C@H](C)[C@@H](O)[C@]1(C)O. The number of hydrogen-bond donors (Lipinski definition) is 6. The third-order valence-corrected chi connectivity index (χ3v) is 18.0. The topological polar surface area (TPSA) is 259 Å². The molecule has 1 amide bonds. The number of methoxy groups -OCH3 is 2. The first-order chi connectivity index (χ1) is 39.4. The minimum atomic E-state index is -1.87. The van der Waals surface area contributed by atoms with Crippen molar-refractivity contribution in [3.63, 3.8) is 0 Å². The second kappa shape index (κ2) is 29.1. The molecule has 0 saturated carbocycles. The summed E-state index contributed by atoms with van der Waals surface area (Å²) in [6, 6.07) is 11.1. The Labute approximate surface area is 501 Å². The number of nitrogens with one attached hydrogen (secondary N) is 2. The molecule has 472 valence electrons. The number of amides is 1. The summed E-state index contributed by atoms with van der Waals surface area (Å²) in [7, 11) is 8.62. The number of cyclic esters (lactones) is 1. The van der Waals surface area contributed by atoms with Gasteiger partial charge in [0.2, 0.25) is 5.91 Å². The van der Waals surface area contributed by atoms with E-state index in [9.17, 15) is 39.6 Å². The standard InChI is InChI=1S/C62H96ClN5O16/c1-17-48-62(11,76)54(72)39(7)67(14)33-34(2)31-60(9,75)55(84-59-52(71)47(66(12)13)28-35(3)79-59)36(4)53(37(5)58(74)81-48)83-51-32-61(10,78-16)56(40(8)80-51)82-50(70)24-25-64-26-27-65-49(69)30-44-38(6)68(46-23-22-43(77-15)29-45(44)46)57(73)41-18-20-42(63)21-19-41/h18-23,29,34-37,39-40,47-48,51-56,59,64,71-72,75-76H,17,24-28,30-33H2,1-16H3,(H,65,69)/t34-,35-,36+,37-,39-,40+,47+,48-,51+,52-,53+,54-,55-,56+,59+,60-,61-,62-/m1/s1. The lowest BCUT2D eigenvalue weighted by Gasteiger charge is -2.49. The number of halogens is 1. The van der Waals surface area contributed by atoms with Crippen molar-refractivity contribution >= 4 is 46.3 Å². The van der Waals surface area contributed by atoms with E-state index >= 15 is 0 Å². The molecular formula is C62H96ClN5O16. The van der Waals surface area contributed by atoms with Crippen molar-refractivity contribution in [3.05, 3.63) is 64.3 Å². The Morgan fingerprint density at radius 3 is 2.21 bits per heavy atom. The molecule has 22 heteroatoms. The van der Waals surface area contributed by atoms with Gasteiger partial charge in [-0.2, -0.15) is 0 Å². The predicted octanol–water partition coefficient (Wildman–Crippen LogP) is 5.40. The molecule has 6 rings (SSSR count). The van der Waals surface area contributed by atoms with Crippen LogP contribution in [0.1, 0.15) is 123 Å². The Morgan fingerprint density at radius 2 is 1.58 bits per heavy atom. The van der Waals surface area contributed by atoms with Crippen LogP contribution in [0.4, 0.5) is 0 Å². The van der Waals surface area contributed by atoms with Gasteiger partial charge in [0.1, 0.15) is 35.3 Å². The monoisotopic (exact) mass is 1200 g/mol. The zero-order chi connectivity index (χ0) is 62.3. The predicted molar refractivity (Wildman–Crippen MR) is 317 cm³/mol. The van der Waals surface area contributed by atoms with Crippen molar-refractivity contribution in [1.29, 1.82) is 0 Å². The van der Waals surface area contributed by atoms with Gasteiger partial charge < -0.3 is 78.8 Å². The van der Waals surface area contributed by atoms with Crippen LogP contribution in [0, 0.1) is 24.7 Å². The zero-order valence-electron chi connectivity index (χ0n) is 52.2. The van der Waals surface area contributed by atoms with Gasteiger partial charge in [-0.1, -0.05) is 32.4 Å². The van der Waals surface area contributed by atoms with Crippen LogP contribution < -0.4 is 15.4 Å². The molecule has 21 nitrogen and oxygen atoms in total. The molecule has 2 aromatic carbocycles. The van der Waals surface area contributed by atoms with E-state index in [4.69, 9.17) is 49.5 Å². The van der Waals surface area contributed by atoms with E-state index in [0.717, 1.165) is 0 Å². The molecule has 84 heavy (non-hydrogen) atoms. The van der Waals surface area contributed by atoms with Crippen molar-refractivity contribution in [2.24, 2.45) is 17.8 Å². The van der Waals surface area contributed by atoms with Gasteiger partial charge in [0.05, 0.1) is 61.4 Å². The highest BCUT2D eigenvalue weighted by Gasteiger charge is 2.54. The normalized spacial score (nSPS) is 35.0. The maximum atomic E-state index is 14.6. The molecule has 3 fully saturated rings. The second-order valence-corrected chi connectivity index (χ2v) is 25.2. The van der Waals surface area contributed by atoms with Crippen molar-refractivity contribution in [2.75, 3.05) is 61.5 Å². The number of fused-ring (bicyclic) bond motifs is 1. The summed E-state index contributed by atoms with van der Waals surface area (Å²) in [5, 5.41) is 55.6. The molecule has 0 spiro atoms. The summed E-state index contributed by atoms with van der Waals surface area (Å²) < 4.78 is 52.0. The highest BCUT2D eigenvalue weighted by molar-refractivity contribution is 6.30. The quantitative estimate of drug-likeness (QED) is 0.0688.